The van der Waals surface area contributed by atoms with Crippen molar-refractivity contribution in [3.8, 4) is 5.75 Å². The van der Waals surface area contributed by atoms with Gasteiger partial charge in [0.2, 0.25) is 5.82 Å². The van der Waals surface area contributed by atoms with Crippen LogP contribution in [0.2, 0.25) is 0 Å². The van der Waals surface area contributed by atoms with E-state index in [9.17, 15) is 17.6 Å². The molecular formula is C18H14F4N4O. The van der Waals surface area contributed by atoms with E-state index in [1.165, 1.54) is 25.3 Å². The number of aromatic nitrogens is 2. The summed E-state index contributed by atoms with van der Waals surface area (Å²) in [4.78, 5) is 7.07. The predicted octanol–water partition coefficient (Wildman–Crippen LogP) is 4.63. The Morgan fingerprint density at radius 3 is 2.52 bits per heavy atom. The van der Waals surface area contributed by atoms with Crippen molar-refractivity contribution >= 4 is 22.4 Å². The molecule has 0 unspecified atom stereocenters. The summed E-state index contributed by atoms with van der Waals surface area (Å²) in [5.41, 5.74) is 3.45. The summed E-state index contributed by atoms with van der Waals surface area (Å²) in [5, 5.41) is 4.41. The second kappa shape index (κ2) is 7.18. The highest BCUT2D eigenvalue weighted by molar-refractivity contribution is 5.99. The molecule has 1 N–H and O–H groups in total. The Balaban J connectivity index is 1.98. The average molecular weight is 378 g/mol. The lowest BCUT2D eigenvalue weighted by Gasteiger charge is -2.11. The van der Waals surface area contributed by atoms with Crippen molar-refractivity contribution in [1.29, 1.82) is 0 Å². The number of hydrazone groups is 1. The van der Waals surface area contributed by atoms with Crippen LogP contribution in [0.1, 0.15) is 18.3 Å². The van der Waals surface area contributed by atoms with Crippen molar-refractivity contribution in [2.75, 3.05) is 12.5 Å². The summed E-state index contributed by atoms with van der Waals surface area (Å²) < 4.78 is 57.8. The fourth-order valence-corrected chi connectivity index (χ4v) is 2.38. The van der Waals surface area contributed by atoms with Crippen molar-refractivity contribution in [1.82, 2.24) is 9.97 Å². The molecule has 1 aromatic heterocycles. The number of alkyl halides is 3. The van der Waals surface area contributed by atoms with Gasteiger partial charge in [0, 0.05) is 10.9 Å². The second-order valence-corrected chi connectivity index (χ2v) is 5.57. The molecule has 0 amide bonds. The summed E-state index contributed by atoms with van der Waals surface area (Å²) in [6.07, 6.45) is -4.70. The summed E-state index contributed by atoms with van der Waals surface area (Å²) >= 11 is 0. The first-order valence-electron chi connectivity index (χ1n) is 7.78. The molecule has 0 aliphatic rings. The van der Waals surface area contributed by atoms with Crippen LogP contribution in [0.4, 0.5) is 23.4 Å². The number of benzene rings is 2. The highest BCUT2D eigenvalue weighted by Crippen LogP contribution is 2.30. The molecule has 27 heavy (non-hydrogen) atoms. The summed E-state index contributed by atoms with van der Waals surface area (Å²) in [6, 6.07) is 10.5. The van der Waals surface area contributed by atoms with Gasteiger partial charge < -0.3 is 4.74 Å². The van der Waals surface area contributed by atoms with Gasteiger partial charge in [0.25, 0.3) is 0 Å². The highest BCUT2D eigenvalue weighted by Gasteiger charge is 2.35. The van der Waals surface area contributed by atoms with Crippen LogP contribution < -0.4 is 10.2 Å². The van der Waals surface area contributed by atoms with E-state index in [0.717, 1.165) is 0 Å². The molecule has 0 bridgehead atoms. The third-order valence-electron chi connectivity index (χ3n) is 3.76. The van der Waals surface area contributed by atoms with Gasteiger partial charge in [-0.15, -0.1) is 0 Å². The van der Waals surface area contributed by atoms with Gasteiger partial charge in [-0.3, -0.25) is 5.43 Å². The predicted molar refractivity (Wildman–Crippen MR) is 93.3 cm³/mol. The quantitative estimate of drug-likeness (QED) is 0.408. The fourth-order valence-electron chi connectivity index (χ4n) is 2.38. The van der Waals surface area contributed by atoms with Crippen LogP contribution in [-0.2, 0) is 6.18 Å². The topological polar surface area (TPSA) is 59.4 Å². The Morgan fingerprint density at radius 1 is 1.11 bits per heavy atom. The lowest BCUT2D eigenvalue weighted by atomic mass is 10.1. The molecule has 0 atom stereocenters. The van der Waals surface area contributed by atoms with E-state index < -0.39 is 17.8 Å². The van der Waals surface area contributed by atoms with Crippen LogP contribution in [0.15, 0.2) is 47.6 Å². The van der Waals surface area contributed by atoms with Crippen LogP contribution in [0, 0.1) is 5.82 Å². The van der Waals surface area contributed by atoms with Crippen molar-refractivity contribution in [2.24, 2.45) is 5.10 Å². The third-order valence-corrected chi connectivity index (χ3v) is 3.76. The Hall–Kier alpha value is -3.23. The SMILES string of the molecule is COc1ccc(/C(C)=N\Nc2nc(C(F)(F)F)nc3ccccc23)cc1F. The van der Waals surface area contributed by atoms with Gasteiger partial charge in [-0.2, -0.15) is 18.3 Å². The number of nitrogens with one attached hydrogen (secondary N) is 1. The Labute approximate surface area is 151 Å². The van der Waals surface area contributed by atoms with Crippen LogP contribution in [0.3, 0.4) is 0 Å². The molecule has 0 saturated heterocycles. The van der Waals surface area contributed by atoms with Crippen molar-refractivity contribution in [3.63, 3.8) is 0 Å². The molecule has 0 aliphatic heterocycles. The number of nitrogens with zero attached hydrogens (tertiary/aromatic N) is 3. The summed E-state index contributed by atoms with van der Waals surface area (Å²) in [7, 11) is 1.35. The van der Waals surface area contributed by atoms with Crippen LogP contribution in [0.25, 0.3) is 10.9 Å². The lowest BCUT2D eigenvalue weighted by Crippen LogP contribution is -2.13. The maximum atomic E-state index is 13.8. The number of hydrogen-bond donors (Lipinski definition) is 1. The number of fused-ring (bicyclic) bond motifs is 1. The maximum Gasteiger partial charge on any atom is 0.451 e. The number of ether oxygens (including phenoxy) is 1. The minimum absolute atomic E-state index is 0.0797. The Bertz CT molecular complexity index is 1020. The first kappa shape index (κ1) is 18.6. The summed E-state index contributed by atoms with van der Waals surface area (Å²) in [5.74, 6) is -1.86. The van der Waals surface area contributed by atoms with Gasteiger partial charge >= 0.3 is 6.18 Å². The average Bonchev–Trinajstić information content (AvgIpc) is 2.64. The number of anilines is 1. The van der Waals surface area contributed by atoms with Gasteiger partial charge in [0.05, 0.1) is 18.3 Å². The smallest absolute Gasteiger partial charge is 0.451 e. The van der Waals surface area contributed by atoms with E-state index in [4.69, 9.17) is 4.74 Å². The molecule has 2 aromatic carbocycles. The van der Waals surface area contributed by atoms with Gasteiger partial charge in [-0.05, 0) is 37.3 Å². The molecule has 0 saturated carbocycles. The lowest BCUT2D eigenvalue weighted by molar-refractivity contribution is -0.144. The van der Waals surface area contributed by atoms with Crippen LogP contribution >= 0.6 is 0 Å². The molecule has 0 aliphatic carbocycles. The maximum absolute atomic E-state index is 13.8. The highest BCUT2D eigenvalue weighted by atomic mass is 19.4. The molecular weight excluding hydrogens is 364 g/mol. The van der Waals surface area contributed by atoms with E-state index >= 15 is 0 Å². The minimum Gasteiger partial charge on any atom is -0.494 e. The number of halogens is 4. The zero-order valence-corrected chi connectivity index (χ0v) is 14.3. The Kier molecular flexibility index (Phi) is 4.93. The van der Waals surface area contributed by atoms with E-state index in [2.05, 4.69) is 20.5 Å². The molecule has 5 nitrogen and oxygen atoms in total. The van der Waals surface area contributed by atoms with E-state index in [0.29, 0.717) is 16.7 Å². The molecule has 9 heteroatoms. The zero-order valence-electron chi connectivity index (χ0n) is 14.3. The number of para-hydroxylation sites is 1. The molecule has 3 aromatic rings. The summed E-state index contributed by atoms with van der Waals surface area (Å²) in [6.45, 7) is 1.59. The molecule has 0 radical (unpaired) electrons. The monoisotopic (exact) mass is 378 g/mol. The third kappa shape index (κ3) is 3.97. The largest absolute Gasteiger partial charge is 0.494 e. The number of rotatable bonds is 4. The first-order chi connectivity index (χ1) is 12.8. The van der Waals surface area contributed by atoms with Crippen LogP contribution in [0.5, 0.6) is 5.75 Å². The molecule has 0 spiro atoms. The van der Waals surface area contributed by atoms with Gasteiger partial charge in [0.1, 0.15) is 0 Å². The van der Waals surface area contributed by atoms with Crippen molar-refractivity contribution < 1.29 is 22.3 Å². The zero-order chi connectivity index (χ0) is 19.6. The van der Waals surface area contributed by atoms with Crippen molar-refractivity contribution in [3.05, 3.63) is 59.7 Å². The van der Waals surface area contributed by atoms with Crippen LogP contribution in [-0.4, -0.2) is 22.8 Å². The Morgan fingerprint density at radius 2 is 1.85 bits per heavy atom. The standard InChI is InChI=1S/C18H14F4N4O/c1-10(11-7-8-15(27-2)13(19)9-11)25-26-16-12-5-3-4-6-14(12)23-17(24-16)18(20,21)22/h3-9H,1-2H3,(H,23,24,26)/b25-10-. The number of hydrogen-bond acceptors (Lipinski definition) is 5. The van der Waals surface area contributed by atoms with Gasteiger partial charge in [0.15, 0.2) is 17.4 Å². The van der Waals surface area contributed by atoms with Crippen molar-refractivity contribution in [2.45, 2.75) is 13.1 Å². The van der Waals surface area contributed by atoms with E-state index in [1.807, 2.05) is 0 Å². The van der Waals surface area contributed by atoms with Gasteiger partial charge in [-0.25, -0.2) is 14.4 Å². The second-order valence-electron chi connectivity index (χ2n) is 5.57. The minimum atomic E-state index is -4.70. The van der Waals surface area contributed by atoms with E-state index in [1.54, 1.807) is 31.2 Å². The molecule has 140 valence electrons. The first-order valence-corrected chi connectivity index (χ1v) is 7.78. The molecule has 3 rings (SSSR count). The molecule has 0 fully saturated rings. The normalized spacial score (nSPS) is 12.3. The molecule has 1 heterocycles. The number of methoxy groups -OCH3 is 1. The van der Waals surface area contributed by atoms with Gasteiger partial charge in [-0.1, -0.05) is 12.1 Å². The van der Waals surface area contributed by atoms with E-state index in [-0.39, 0.29) is 17.1 Å². The fraction of sp³-hybridized carbons (Fsp3) is 0.167.